The topological polar surface area (TPSA) is 36.7 Å². The van der Waals surface area contributed by atoms with Gasteiger partial charge in [-0.15, -0.1) is 0 Å². The highest BCUT2D eigenvalue weighted by Gasteiger charge is 2.10. The second kappa shape index (κ2) is 5.88. The zero-order valence-corrected chi connectivity index (χ0v) is 11.7. The van der Waals surface area contributed by atoms with Gasteiger partial charge >= 0.3 is 0 Å². The van der Waals surface area contributed by atoms with Crippen LogP contribution in [0.3, 0.4) is 0 Å². The van der Waals surface area contributed by atoms with Crippen molar-refractivity contribution in [2.24, 2.45) is 5.10 Å². The van der Waals surface area contributed by atoms with Crippen molar-refractivity contribution in [3.63, 3.8) is 0 Å². The zero-order valence-electron chi connectivity index (χ0n) is 11.7. The summed E-state index contributed by atoms with van der Waals surface area (Å²) >= 11 is 0. The third-order valence-corrected chi connectivity index (χ3v) is 3.55. The minimum Gasteiger partial charge on any atom is -0.306 e. The van der Waals surface area contributed by atoms with Gasteiger partial charge in [0.25, 0.3) is 0 Å². The number of rotatable bonds is 3. The second-order valence-electron chi connectivity index (χ2n) is 5.06. The summed E-state index contributed by atoms with van der Waals surface area (Å²) in [4.78, 5) is 6.38. The van der Waals surface area contributed by atoms with Gasteiger partial charge in [-0.2, -0.15) is 5.10 Å². The molecule has 5 heteroatoms. The molecule has 3 rings (SSSR count). The normalized spacial score (nSPS) is 16.9. The van der Waals surface area contributed by atoms with Crippen LogP contribution in [0, 0.1) is 0 Å². The van der Waals surface area contributed by atoms with Crippen molar-refractivity contribution in [3.05, 3.63) is 48.5 Å². The Bertz CT molecular complexity index is 550. The first kappa shape index (κ1) is 12.9. The van der Waals surface area contributed by atoms with Gasteiger partial charge in [0.2, 0.25) is 0 Å². The van der Waals surface area contributed by atoms with Crippen LogP contribution in [0.2, 0.25) is 0 Å². The van der Waals surface area contributed by atoms with E-state index in [4.69, 9.17) is 0 Å². The van der Waals surface area contributed by atoms with E-state index in [1.54, 1.807) is 12.5 Å². The van der Waals surface area contributed by atoms with E-state index >= 15 is 0 Å². The van der Waals surface area contributed by atoms with Crippen LogP contribution in [0.1, 0.15) is 5.56 Å². The molecule has 0 radical (unpaired) electrons. The third-order valence-electron chi connectivity index (χ3n) is 3.55. The first-order valence-corrected chi connectivity index (χ1v) is 6.87. The molecular weight excluding hydrogens is 250 g/mol. The number of benzene rings is 1. The van der Waals surface area contributed by atoms with Crippen LogP contribution in [0.25, 0.3) is 5.69 Å². The van der Waals surface area contributed by atoms with Crippen LogP contribution in [0.5, 0.6) is 0 Å². The maximum absolute atomic E-state index is 4.54. The number of piperazine rings is 1. The van der Waals surface area contributed by atoms with E-state index in [0.29, 0.717) is 0 Å². The Morgan fingerprint density at radius 3 is 2.50 bits per heavy atom. The first-order valence-electron chi connectivity index (χ1n) is 6.87. The molecule has 0 unspecified atom stereocenters. The molecule has 1 fully saturated rings. The number of hydrogen-bond donors (Lipinski definition) is 0. The molecule has 0 atom stereocenters. The number of hydrogen-bond acceptors (Lipinski definition) is 4. The van der Waals surface area contributed by atoms with Crippen molar-refractivity contribution < 1.29 is 0 Å². The number of hydrazone groups is 1. The highest BCUT2D eigenvalue weighted by molar-refractivity contribution is 5.79. The SMILES string of the molecule is CN1CCN(N=Cc2ccc(-n3ccnc3)cc2)CC1. The van der Waals surface area contributed by atoms with Gasteiger partial charge < -0.3 is 9.47 Å². The summed E-state index contributed by atoms with van der Waals surface area (Å²) in [6, 6.07) is 8.31. The molecule has 2 aromatic rings. The molecule has 1 saturated heterocycles. The monoisotopic (exact) mass is 269 g/mol. The van der Waals surface area contributed by atoms with Crippen molar-refractivity contribution >= 4 is 6.21 Å². The minimum atomic E-state index is 1.00. The van der Waals surface area contributed by atoms with Gasteiger partial charge in [-0.3, -0.25) is 5.01 Å². The quantitative estimate of drug-likeness (QED) is 0.791. The Morgan fingerprint density at radius 2 is 1.85 bits per heavy atom. The molecule has 20 heavy (non-hydrogen) atoms. The van der Waals surface area contributed by atoms with Crippen molar-refractivity contribution in [1.82, 2.24) is 19.5 Å². The first-order chi connectivity index (χ1) is 9.81. The molecule has 5 nitrogen and oxygen atoms in total. The Labute approximate surface area is 119 Å². The van der Waals surface area contributed by atoms with Gasteiger partial charge in [0.15, 0.2) is 0 Å². The van der Waals surface area contributed by atoms with Gasteiger partial charge in [0.05, 0.1) is 12.5 Å². The fourth-order valence-corrected chi connectivity index (χ4v) is 2.20. The Balaban J connectivity index is 1.63. The summed E-state index contributed by atoms with van der Waals surface area (Å²) < 4.78 is 1.99. The molecule has 0 N–H and O–H groups in total. The molecule has 0 amide bonds. The largest absolute Gasteiger partial charge is 0.306 e. The van der Waals surface area contributed by atoms with Gasteiger partial charge in [0.1, 0.15) is 0 Å². The summed E-state index contributed by atoms with van der Waals surface area (Å²) in [5.41, 5.74) is 2.23. The van der Waals surface area contributed by atoms with E-state index < -0.39 is 0 Å². The highest BCUT2D eigenvalue weighted by Crippen LogP contribution is 2.08. The fourth-order valence-electron chi connectivity index (χ4n) is 2.20. The molecule has 0 saturated carbocycles. The average molecular weight is 269 g/mol. The van der Waals surface area contributed by atoms with Crippen LogP contribution in [0.15, 0.2) is 48.1 Å². The summed E-state index contributed by atoms with van der Waals surface area (Å²) in [7, 11) is 2.15. The average Bonchev–Trinajstić information content (AvgIpc) is 3.01. The van der Waals surface area contributed by atoms with E-state index in [1.807, 2.05) is 17.0 Å². The van der Waals surface area contributed by atoms with Crippen molar-refractivity contribution in [1.29, 1.82) is 0 Å². The summed E-state index contributed by atoms with van der Waals surface area (Å²) in [6.45, 7) is 4.16. The van der Waals surface area contributed by atoms with Crippen LogP contribution < -0.4 is 0 Å². The van der Waals surface area contributed by atoms with E-state index in [-0.39, 0.29) is 0 Å². The minimum absolute atomic E-state index is 1.00. The molecule has 1 aliphatic rings. The molecule has 0 aliphatic carbocycles. The van der Waals surface area contributed by atoms with Crippen molar-refractivity contribution in [2.75, 3.05) is 33.2 Å². The van der Waals surface area contributed by atoms with Crippen LogP contribution in [-0.4, -0.2) is 58.9 Å². The number of likely N-dealkylation sites (N-methyl/N-ethyl adjacent to an activating group) is 1. The van der Waals surface area contributed by atoms with E-state index in [2.05, 4.69) is 51.3 Å². The lowest BCUT2D eigenvalue weighted by atomic mass is 10.2. The van der Waals surface area contributed by atoms with Gasteiger partial charge in [-0.1, -0.05) is 12.1 Å². The molecule has 1 aliphatic heterocycles. The van der Waals surface area contributed by atoms with Gasteiger partial charge in [-0.25, -0.2) is 4.98 Å². The zero-order chi connectivity index (χ0) is 13.8. The Morgan fingerprint density at radius 1 is 1.10 bits per heavy atom. The molecule has 0 spiro atoms. The molecule has 0 bridgehead atoms. The molecule has 2 heterocycles. The Kier molecular flexibility index (Phi) is 3.78. The fraction of sp³-hybridized carbons (Fsp3) is 0.333. The standard InChI is InChI=1S/C15H19N5/c1-18-8-10-20(11-9-18)17-12-14-2-4-15(5-3-14)19-7-6-16-13-19/h2-7,12-13H,8-11H2,1H3. The lowest BCUT2D eigenvalue weighted by molar-refractivity contribution is 0.159. The summed E-state index contributed by atoms with van der Waals surface area (Å²) in [6.07, 6.45) is 7.45. The summed E-state index contributed by atoms with van der Waals surface area (Å²) in [5, 5.41) is 6.67. The van der Waals surface area contributed by atoms with Crippen molar-refractivity contribution in [3.8, 4) is 5.69 Å². The molecule has 1 aromatic carbocycles. The number of imidazole rings is 1. The predicted molar refractivity (Wildman–Crippen MR) is 80.2 cm³/mol. The van der Waals surface area contributed by atoms with Crippen LogP contribution in [0.4, 0.5) is 0 Å². The van der Waals surface area contributed by atoms with E-state index in [9.17, 15) is 0 Å². The molecule has 104 valence electrons. The van der Waals surface area contributed by atoms with Crippen LogP contribution >= 0.6 is 0 Å². The van der Waals surface area contributed by atoms with Gasteiger partial charge in [0, 0.05) is 44.3 Å². The second-order valence-corrected chi connectivity index (χ2v) is 5.06. The maximum Gasteiger partial charge on any atom is 0.0991 e. The van der Waals surface area contributed by atoms with E-state index in [1.165, 1.54) is 0 Å². The maximum atomic E-state index is 4.54. The van der Waals surface area contributed by atoms with Crippen LogP contribution in [-0.2, 0) is 0 Å². The smallest absolute Gasteiger partial charge is 0.0991 e. The van der Waals surface area contributed by atoms with Gasteiger partial charge in [-0.05, 0) is 24.7 Å². The number of aromatic nitrogens is 2. The molecule has 1 aromatic heterocycles. The van der Waals surface area contributed by atoms with Crippen molar-refractivity contribution in [2.45, 2.75) is 0 Å². The summed E-state index contributed by atoms with van der Waals surface area (Å²) in [5.74, 6) is 0. The lowest BCUT2D eigenvalue weighted by Crippen LogP contribution is -2.41. The lowest BCUT2D eigenvalue weighted by Gasteiger charge is -2.30. The molecular formula is C15H19N5. The highest BCUT2D eigenvalue weighted by atomic mass is 15.5. The van der Waals surface area contributed by atoms with E-state index in [0.717, 1.165) is 37.4 Å². The predicted octanol–water partition coefficient (Wildman–Crippen LogP) is 1.45. The third kappa shape index (κ3) is 3.05. The Hall–Kier alpha value is -2.14. The number of nitrogens with zero attached hydrogens (tertiary/aromatic N) is 5.